The minimum Gasteiger partial charge on any atom is -0.287 e. The van der Waals surface area contributed by atoms with E-state index in [1.54, 1.807) is 0 Å². The minimum atomic E-state index is -9.18. The Morgan fingerprint density at radius 3 is 1.08 bits per heavy atom. The molecule has 0 saturated heterocycles. The molecule has 0 amide bonds. The first-order valence-electron chi connectivity index (χ1n) is 7.30. The van der Waals surface area contributed by atoms with Gasteiger partial charge in [-0.1, -0.05) is 0 Å². The van der Waals surface area contributed by atoms with Gasteiger partial charge in [0.15, 0.2) is 0 Å². The average molecular weight is 610 g/mol. The average Bonchev–Trinajstić information content (AvgIpc) is 2.63. The highest BCUT2D eigenvalue weighted by Crippen LogP contribution is 2.63. The lowest BCUT2D eigenvalue weighted by atomic mass is 9.87. The smallest absolute Gasteiger partial charge is 0.287 e. The Morgan fingerprint density at radius 1 is 0.556 bits per heavy atom. The van der Waals surface area contributed by atoms with E-state index in [2.05, 4.69) is 0 Å². The zero-order chi connectivity index (χ0) is 30.2. The largest absolute Gasteiger partial charge is 0.447 e. The van der Waals surface area contributed by atoms with Gasteiger partial charge in [0, 0.05) is 0 Å². The van der Waals surface area contributed by atoms with Gasteiger partial charge in [-0.2, -0.15) is 83.1 Å². The number of ketones is 1. The molecule has 0 bridgehead atoms. The third kappa shape index (κ3) is 4.02. The molecule has 4 nitrogen and oxygen atoms in total. The fourth-order valence-corrected chi connectivity index (χ4v) is 2.53. The van der Waals surface area contributed by atoms with Crippen LogP contribution in [0, 0.1) is 0 Å². The number of carbonyl (C=O) groups excluding carboxylic acids is 1. The number of Topliss-reactive ketones (excluding diaryl/α,β-unsaturated/α-hetero) is 1. The minimum absolute atomic E-state index is 5.83. The molecule has 0 fully saturated rings. The second-order valence-electron chi connectivity index (χ2n) is 6.27. The Hall–Kier alpha value is -1.82. The molecule has 36 heavy (non-hydrogen) atoms. The number of halogens is 20. The van der Waals surface area contributed by atoms with Crippen molar-refractivity contribution < 1.29 is 106 Å². The molecule has 1 unspecified atom stereocenters. The molecule has 1 atom stereocenters. The van der Waals surface area contributed by atoms with Gasteiger partial charge in [0.05, 0.1) is 0 Å². The Labute approximate surface area is 181 Å². The number of rotatable bonds is 10. The second kappa shape index (κ2) is 8.34. The van der Waals surface area contributed by atoms with E-state index in [0.717, 1.165) is 0 Å². The van der Waals surface area contributed by atoms with Crippen LogP contribution in [0.4, 0.5) is 87.8 Å². The molecule has 0 aromatic rings. The monoisotopic (exact) mass is 610 g/mol. The Bertz CT molecular complexity index is 965. The first-order valence-corrected chi connectivity index (χ1v) is 8.74. The van der Waals surface area contributed by atoms with E-state index in [0.29, 0.717) is 0 Å². The zero-order valence-electron chi connectivity index (χ0n) is 15.2. The van der Waals surface area contributed by atoms with Crippen LogP contribution >= 0.6 is 0 Å². The Kier molecular flexibility index (Phi) is 7.92. The fraction of sp³-hybridized carbons (Fsp3) is 0.909. The molecule has 0 aromatic heterocycles. The van der Waals surface area contributed by atoms with Gasteiger partial charge in [-0.15, -0.1) is 0 Å². The molecule has 0 spiro atoms. The lowest BCUT2D eigenvalue weighted by Gasteiger charge is -2.42. The predicted octanol–water partition coefficient (Wildman–Crippen LogP) is 5.38. The Balaban J connectivity index is 7.24. The Morgan fingerprint density at radius 2 is 0.833 bits per heavy atom. The fourth-order valence-electron chi connectivity index (χ4n) is 1.87. The van der Waals surface area contributed by atoms with Gasteiger partial charge in [-0.25, -0.2) is 13.2 Å². The van der Waals surface area contributed by atoms with Crippen molar-refractivity contribution in [1.29, 1.82) is 0 Å². The predicted molar refractivity (Wildman–Crippen MR) is 67.1 cm³/mol. The first-order chi connectivity index (χ1) is 15.1. The summed E-state index contributed by atoms with van der Waals surface area (Å²) in [5.41, 5.74) is 0. The SMILES string of the molecule is O=C(C(F)(F)C(F)(F)C(F)(F)C(F)(F)C(F)(F)C(F)(F)C(F)(F)C(F)F)C(F)(C(F)(F)F)S(=O)(=O)O. The number of hydrogen-bond acceptors (Lipinski definition) is 3. The van der Waals surface area contributed by atoms with E-state index in [4.69, 9.17) is 4.55 Å². The summed E-state index contributed by atoms with van der Waals surface area (Å²) < 4.78 is 288. The van der Waals surface area contributed by atoms with Crippen LogP contribution in [-0.2, 0) is 14.9 Å². The second-order valence-corrected chi connectivity index (χ2v) is 7.78. The van der Waals surface area contributed by atoms with Gasteiger partial charge in [0.1, 0.15) is 0 Å². The highest BCUT2D eigenvalue weighted by atomic mass is 32.2. The molecule has 0 aliphatic carbocycles. The normalized spacial score (nSPS) is 17.8. The maximum absolute atomic E-state index is 13.6. The summed E-state index contributed by atoms with van der Waals surface area (Å²) >= 11 is 0. The number of alkyl halides is 20. The summed E-state index contributed by atoms with van der Waals surface area (Å²) in [5.74, 6) is -67.2. The number of hydrogen-bond donors (Lipinski definition) is 1. The van der Waals surface area contributed by atoms with Gasteiger partial charge >= 0.3 is 69.2 Å². The van der Waals surface area contributed by atoms with Crippen LogP contribution in [0.15, 0.2) is 0 Å². The molecule has 0 saturated carbocycles. The van der Waals surface area contributed by atoms with Crippen molar-refractivity contribution in [2.45, 2.75) is 59.1 Å². The van der Waals surface area contributed by atoms with Crippen LogP contribution in [0.3, 0.4) is 0 Å². The van der Waals surface area contributed by atoms with Crippen molar-refractivity contribution in [3.05, 3.63) is 0 Å². The molecule has 1 N–H and O–H groups in total. The molecule has 0 rings (SSSR count). The van der Waals surface area contributed by atoms with Crippen LogP contribution in [-0.4, -0.2) is 77.8 Å². The number of carbonyl (C=O) groups is 1. The van der Waals surface area contributed by atoms with Gasteiger partial charge in [-0.3, -0.25) is 9.35 Å². The molecule has 216 valence electrons. The van der Waals surface area contributed by atoms with E-state index in [1.807, 2.05) is 0 Å². The van der Waals surface area contributed by atoms with Crippen molar-refractivity contribution in [1.82, 2.24) is 0 Å². The summed E-state index contributed by atoms with van der Waals surface area (Å²) in [6.45, 7) is 0. The van der Waals surface area contributed by atoms with Crippen LogP contribution in [0.5, 0.6) is 0 Å². The van der Waals surface area contributed by atoms with Crippen molar-refractivity contribution >= 4 is 15.9 Å². The molecule has 25 heteroatoms. The molecule has 0 radical (unpaired) electrons. The highest BCUT2D eigenvalue weighted by Gasteiger charge is 2.95. The summed E-state index contributed by atoms with van der Waals surface area (Å²) in [7, 11) is -8.16. The zero-order valence-corrected chi connectivity index (χ0v) is 16.0. The molecular formula is C11H2F20O4S. The summed E-state index contributed by atoms with van der Waals surface area (Å²) in [6.07, 6.45) is -14.0. The molecule has 0 aliphatic heterocycles. The topological polar surface area (TPSA) is 71.4 Å². The summed E-state index contributed by atoms with van der Waals surface area (Å²) in [4.78, 5) is 10.9. The van der Waals surface area contributed by atoms with Gasteiger partial charge in [-0.05, 0) is 0 Å². The molecule has 0 heterocycles. The standard InChI is InChI=1S/C11H2F20O4S/c12-2(13)4(16,17)7(21,22)9(25,26)10(27,28)8(23,24)6(19,20)3(14,15)1(32)5(18,11(29,30)31)36(33,34)35/h2H,(H,33,34,35). The van der Waals surface area contributed by atoms with E-state index >= 15 is 0 Å². The van der Waals surface area contributed by atoms with Crippen LogP contribution in [0.2, 0.25) is 0 Å². The highest BCUT2D eigenvalue weighted by molar-refractivity contribution is 7.88. The maximum atomic E-state index is 13.6. The van der Waals surface area contributed by atoms with E-state index < -0.39 is 75.0 Å². The van der Waals surface area contributed by atoms with Crippen LogP contribution in [0.1, 0.15) is 0 Å². The third-order valence-electron chi connectivity index (χ3n) is 3.96. The lowest BCUT2D eigenvalue weighted by molar-refractivity contribution is -0.444. The molecule has 0 aliphatic rings. The van der Waals surface area contributed by atoms with Crippen LogP contribution < -0.4 is 0 Å². The maximum Gasteiger partial charge on any atom is 0.447 e. The van der Waals surface area contributed by atoms with Crippen molar-refractivity contribution in [2.75, 3.05) is 0 Å². The van der Waals surface area contributed by atoms with Gasteiger partial charge in [0.2, 0.25) is 0 Å². The van der Waals surface area contributed by atoms with Crippen molar-refractivity contribution in [3.63, 3.8) is 0 Å². The van der Waals surface area contributed by atoms with Gasteiger partial charge in [0.25, 0.3) is 5.78 Å². The van der Waals surface area contributed by atoms with E-state index in [-0.39, 0.29) is 0 Å². The summed E-state index contributed by atoms with van der Waals surface area (Å²) in [6, 6.07) is 0. The van der Waals surface area contributed by atoms with E-state index in [1.165, 1.54) is 0 Å². The first kappa shape index (κ1) is 34.2. The van der Waals surface area contributed by atoms with Crippen molar-refractivity contribution in [2.24, 2.45) is 0 Å². The lowest BCUT2D eigenvalue weighted by Crippen LogP contribution is -2.75. The summed E-state index contributed by atoms with van der Waals surface area (Å²) in [5, 5.41) is -7.81. The van der Waals surface area contributed by atoms with Crippen LogP contribution in [0.25, 0.3) is 0 Å². The molecule has 0 aromatic carbocycles. The quantitative estimate of drug-likeness (QED) is 0.267. The van der Waals surface area contributed by atoms with Gasteiger partial charge < -0.3 is 0 Å². The molecular weight excluding hydrogens is 608 g/mol. The van der Waals surface area contributed by atoms with Crippen molar-refractivity contribution in [3.8, 4) is 0 Å². The van der Waals surface area contributed by atoms with E-state index in [9.17, 15) is 101 Å². The third-order valence-corrected chi connectivity index (χ3v) is 5.09.